The summed E-state index contributed by atoms with van der Waals surface area (Å²) in [4.78, 5) is 33.7. The summed E-state index contributed by atoms with van der Waals surface area (Å²) < 4.78 is 0. The van der Waals surface area contributed by atoms with Crippen LogP contribution >= 0.6 is 12.4 Å². The quantitative estimate of drug-likeness (QED) is 0.460. The molecule has 0 radical (unpaired) electrons. The van der Waals surface area contributed by atoms with E-state index in [1.807, 2.05) is 19.0 Å². The molecule has 0 aliphatic heterocycles. The van der Waals surface area contributed by atoms with E-state index >= 15 is 0 Å². The molecule has 9 nitrogen and oxygen atoms in total. The van der Waals surface area contributed by atoms with Crippen molar-refractivity contribution in [3.8, 4) is 0 Å². The van der Waals surface area contributed by atoms with Crippen LogP contribution in [0.15, 0.2) is 18.2 Å². The zero-order valence-electron chi connectivity index (χ0n) is 12.1. The minimum Gasteiger partial charge on any atom is -0.352 e. The van der Waals surface area contributed by atoms with Gasteiger partial charge in [-0.2, -0.15) is 0 Å². The first-order valence-electron chi connectivity index (χ1n) is 6.18. The Balaban J connectivity index is 0.00000441. The summed E-state index contributed by atoms with van der Waals surface area (Å²) in [5.41, 5.74) is -1.06. The van der Waals surface area contributed by atoms with Crippen LogP contribution in [0.4, 0.5) is 11.4 Å². The molecule has 1 aromatic rings. The zero-order valence-corrected chi connectivity index (χ0v) is 13.0. The smallest absolute Gasteiger partial charge is 0.277 e. The summed E-state index contributed by atoms with van der Waals surface area (Å²) in [6.45, 7) is 1.16. The summed E-state index contributed by atoms with van der Waals surface area (Å²) in [6.07, 6.45) is 0.704. The maximum absolute atomic E-state index is 11.9. The summed E-state index contributed by atoms with van der Waals surface area (Å²) in [6, 6.07) is 2.87. The van der Waals surface area contributed by atoms with E-state index in [2.05, 4.69) is 5.32 Å². The fourth-order valence-corrected chi connectivity index (χ4v) is 1.64. The van der Waals surface area contributed by atoms with Crippen molar-refractivity contribution in [3.05, 3.63) is 44.0 Å². The third kappa shape index (κ3) is 6.02. The van der Waals surface area contributed by atoms with Gasteiger partial charge < -0.3 is 10.2 Å². The lowest BCUT2D eigenvalue weighted by Crippen LogP contribution is -2.27. The number of nitrogens with zero attached hydrogens (tertiary/aromatic N) is 3. The largest absolute Gasteiger partial charge is 0.352 e. The van der Waals surface area contributed by atoms with Crippen LogP contribution in [-0.2, 0) is 0 Å². The molecule has 0 bridgehead atoms. The highest BCUT2D eigenvalue weighted by Gasteiger charge is 2.19. The number of nitro groups is 2. The molecule has 0 fully saturated rings. The van der Waals surface area contributed by atoms with Crippen molar-refractivity contribution in [1.29, 1.82) is 0 Å². The SMILES string of the molecule is CN(C)CCCNC(=O)c1cc([N+](=O)[O-])cc([N+](=O)[O-])c1.Cl. The molecular weight excluding hydrogens is 316 g/mol. The molecular formula is C12H17ClN4O5. The minimum atomic E-state index is -0.768. The number of rotatable bonds is 7. The molecule has 0 unspecified atom stereocenters. The van der Waals surface area contributed by atoms with Gasteiger partial charge in [0.2, 0.25) is 0 Å². The van der Waals surface area contributed by atoms with E-state index in [1.165, 1.54) is 0 Å². The number of carbonyl (C=O) groups excluding carboxylic acids is 1. The highest BCUT2D eigenvalue weighted by Crippen LogP contribution is 2.22. The van der Waals surface area contributed by atoms with E-state index in [1.54, 1.807) is 0 Å². The third-order valence-corrected chi connectivity index (χ3v) is 2.65. The van der Waals surface area contributed by atoms with Gasteiger partial charge in [0.1, 0.15) is 0 Å². The third-order valence-electron chi connectivity index (χ3n) is 2.65. The van der Waals surface area contributed by atoms with Crippen LogP contribution in [-0.4, -0.2) is 47.8 Å². The molecule has 0 aliphatic rings. The second-order valence-electron chi connectivity index (χ2n) is 4.67. The number of non-ortho nitro benzene ring substituents is 2. The lowest BCUT2D eigenvalue weighted by molar-refractivity contribution is -0.394. The first-order chi connectivity index (χ1) is 9.81. The van der Waals surface area contributed by atoms with Gasteiger partial charge in [-0.1, -0.05) is 0 Å². The average Bonchev–Trinajstić information content (AvgIpc) is 2.42. The molecule has 0 atom stereocenters. The lowest BCUT2D eigenvalue weighted by atomic mass is 10.1. The number of nitro benzene ring substituents is 2. The molecule has 1 amide bonds. The maximum Gasteiger partial charge on any atom is 0.277 e. The highest BCUT2D eigenvalue weighted by molar-refractivity contribution is 5.95. The Labute approximate surface area is 133 Å². The molecule has 0 saturated carbocycles. The van der Waals surface area contributed by atoms with Gasteiger partial charge >= 0.3 is 0 Å². The predicted molar refractivity (Wildman–Crippen MR) is 82.5 cm³/mol. The van der Waals surface area contributed by atoms with Crippen molar-refractivity contribution in [2.24, 2.45) is 0 Å². The van der Waals surface area contributed by atoms with Crippen LogP contribution in [0.3, 0.4) is 0 Å². The fourth-order valence-electron chi connectivity index (χ4n) is 1.64. The van der Waals surface area contributed by atoms with Crippen molar-refractivity contribution >= 4 is 29.7 Å². The second kappa shape index (κ2) is 8.90. The summed E-state index contributed by atoms with van der Waals surface area (Å²) >= 11 is 0. The molecule has 22 heavy (non-hydrogen) atoms. The summed E-state index contributed by atoms with van der Waals surface area (Å²) in [5.74, 6) is -0.569. The Morgan fingerprint density at radius 1 is 1.14 bits per heavy atom. The Morgan fingerprint density at radius 3 is 2.05 bits per heavy atom. The van der Waals surface area contributed by atoms with Gasteiger partial charge in [-0.25, -0.2) is 0 Å². The molecule has 0 spiro atoms. The van der Waals surface area contributed by atoms with Crippen molar-refractivity contribution in [2.75, 3.05) is 27.2 Å². The number of nitrogens with one attached hydrogen (secondary N) is 1. The number of halogens is 1. The minimum absolute atomic E-state index is 0. The number of hydrogen-bond donors (Lipinski definition) is 1. The van der Waals surface area contributed by atoms with Crippen LogP contribution in [0.2, 0.25) is 0 Å². The van der Waals surface area contributed by atoms with Crippen LogP contribution in [0.25, 0.3) is 0 Å². The van der Waals surface area contributed by atoms with E-state index in [-0.39, 0.29) is 18.0 Å². The Kier molecular flexibility index (Phi) is 7.99. The van der Waals surface area contributed by atoms with Crippen molar-refractivity contribution < 1.29 is 14.6 Å². The average molecular weight is 333 g/mol. The van der Waals surface area contributed by atoms with Crippen LogP contribution in [0, 0.1) is 20.2 Å². The summed E-state index contributed by atoms with van der Waals surface area (Å²) in [5, 5.41) is 24.0. The molecule has 0 saturated heterocycles. The standard InChI is InChI=1S/C12H16N4O5.ClH/c1-14(2)5-3-4-13-12(17)9-6-10(15(18)19)8-11(7-9)16(20)21;/h6-8H,3-5H2,1-2H3,(H,13,17);1H. The molecule has 1 N–H and O–H groups in total. The first-order valence-corrected chi connectivity index (χ1v) is 6.18. The van der Waals surface area contributed by atoms with E-state index in [0.29, 0.717) is 13.0 Å². The monoisotopic (exact) mass is 332 g/mol. The zero-order chi connectivity index (χ0) is 16.0. The molecule has 0 aromatic heterocycles. The number of hydrogen-bond acceptors (Lipinski definition) is 6. The van der Waals surface area contributed by atoms with E-state index < -0.39 is 27.1 Å². The molecule has 0 heterocycles. The van der Waals surface area contributed by atoms with Gasteiger partial charge in [0.15, 0.2) is 0 Å². The van der Waals surface area contributed by atoms with Crippen molar-refractivity contribution in [3.63, 3.8) is 0 Å². The van der Waals surface area contributed by atoms with E-state index in [0.717, 1.165) is 24.7 Å². The van der Waals surface area contributed by atoms with Gasteiger partial charge in [0.25, 0.3) is 17.3 Å². The van der Waals surface area contributed by atoms with Crippen LogP contribution in [0.5, 0.6) is 0 Å². The Hall–Kier alpha value is -2.26. The van der Waals surface area contributed by atoms with Gasteiger partial charge in [0.05, 0.1) is 21.5 Å². The number of amides is 1. The molecule has 122 valence electrons. The van der Waals surface area contributed by atoms with Crippen LogP contribution in [0.1, 0.15) is 16.8 Å². The summed E-state index contributed by atoms with van der Waals surface area (Å²) in [7, 11) is 3.79. The van der Waals surface area contributed by atoms with Gasteiger partial charge in [-0.15, -0.1) is 12.4 Å². The lowest BCUT2D eigenvalue weighted by Gasteiger charge is -2.09. The van der Waals surface area contributed by atoms with Crippen LogP contribution < -0.4 is 5.32 Å². The molecule has 0 aliphatic carbocycles. The van der Waals surface area contributed by atoms with Gasteiger partial charge in [-0.3, -0.25) is 25.0 Å². The molecule has 1 aromatic carbocycles. The van der Waals surface area contributed by atoms with Gasteiger partial charge in [-0.05, 0) is 27.1 Å². The number of benzene rings is 1. The van der Waals surface area contributed by atoms with Gasteiger partial charge in [0, 0.05) is 18.7 Å². The number of carbonyl (C=O) groups is 1. The van der Waals surface area contributed by atoms with Crippen molar-refractivity contribution in [1.82, 2.24) is 10.2 Å². The molecule has 1 rings (SSSR count). The Bertz CT molecular complexity index is 532. The molecule has 10 heteroatoms. The second-order valence-corrected chi connectivity index (χ2v) is 4.67. The fraction of sp³-hybridized carbons (Fsp3) is 0.417. The van der Waals surface area contributed by atoms with E-state index in [9.17, 15) is 25.0 Å². The topological polar surface area (TPSA) is 119 Å². The Morgan fingerprint density at radius 2 is 1.64 bits per heavy atom. The highest BCUT2D eigenvalue weighted by atomic mass is 35.5. The first kappa shape index (κ1) is 19.7. The van der Waals surface area contributed by atoms with Crippen molar-refractivity contribution in [2.45, 2.75) is 6.42 Å². The normalized spacial score (nSPS) is 9.95. The van der Waals surface area contributed by atoms with E-state index in [4.69, 9.17) is 0 Å². The predicted octanol–water partition coefficient (Wildman–Crippen LogP) is 1.61. The maximum atomic E-state index is 11.9.